The summed E-state index contributed by atoms with van der Waals surface area (Å²) in [4.78, 5) is 23.5. The van der Waals surface area contributed by atoms with Crippen LogP contribution in [0, 0.1) is 13.8 Å². The van der Waals surface area contributed by atoms with E-state index >= 15 is 0 Å². The van der Waals surface area contributed by atoms with Gasteiger partial charge in [-0.2, -0.15) is 0 Å². The van der Waals surface area contributed by atoms with Gasteiger partial charge in [0.05, 0.1) is 0 Å². The van der Waals surface area contributed by atoms with Crippen molar-refractivity contribution < 1.29 is 9.59 Å². The van der Waals surface area contributed by atoms with Crippen LogP contribution < -0.4 is 0 Å². The number of hydrogen-bond donors (Lipinski definition) is 0. The Morgan fingerprint density at radius 1 is 1.29 bits per heavy atom. The molecule has 0 amide bonds. The Hall–Kier alpha value is -0.800. The summed E-state index contributed by atoms with van der Waals surface area (Å²) in [5, 5.41) is 0.137. The number of Topliss-reactive ketones (excluding diaryl/α,β-unsaturated/α-hetero) is 1. The van der Waals surface area contributed by atoms with E-state index in [-0.39, 0.29) is 0 Å². The van der Waals surface area contributed by atoms with Crippen molar-refractivity contribution in [3.05, 3.63) is 27.8 Å². The maximum Gasteiger partial charge on any atom is 0.264 e. The molecule has 0 aromatic heterocycles. The first-order valence-electron chi connectivity index (χ1n) is 4.08. The van der Waals surface area contributed by atoms with Gasteiger partial charge in [0.15, 0.2) is 0 Å². The maximum atomic E-state index is 11.5. The summed E-state index contributed by atoms with van der Waals surface area (Å²) < 4.78 is 0. The molecule has 0 atom stereocenters. The maximum absolute atomic E-state index is 11.5. The van der Waals surface area contributed by atoms with Crippen LogP contribution in [-0.4, -0.2) is 10.9 Å². The van der Waals surface area contributed by atoms with Crippen LogP contribution in [0.4, 0.5) is 0 Å². The lowest BCUT2D eigenvalue weighted by atomic mass is 10.0. The van der Waals surface area contributed by atoms with Crippen LogP contribution in [0.5, 0.6) is 0 Å². The first-order chi connectivity index (χ1) is 6.52. The van der Waals surface area contributed by atoms with Gasteiger partial charge in [-0.25, -0.2) is 0 Å². The Kier molecular flexibility index (Phi) is 2.16. The molecular formula is C10H7ClO2S. The van der Waals surface area contributed by atoms with Crippen LogP contribution in [0.1, 0.15) is 21.5 Å². The van der Waals surface area contributed by atoms with E-state index in [0.717, 1.165) is 22.2 Å². The van der Waals surface area contributed by atoms with Gasteiger partial charge in [0.1, 0.15) is 0 Å². The highest BCUT2D eigenvalue weighted by molar-refractivity contribution is 8.16. The minimum atomic E-state index is -0.423. The van der Waals surface area contributed by atoms with Gasteiger partial charge in [-0.15, -0.1) is 0 Å². The van der Waals surface area contributed by atoms with E-state index in [1.807, 2.05) is 6.92 Å². The number of thioether (sulfide) groups is 1. The van der Waals surface area contributed by atoms with Crippen molar-refractivity contribution in [3.63, 3.8) is 0 Å². The number of rotatable bonds is 0. The SMILES string of the molecule is Cc1cc(Cl)c(C)c2c1SC(=O)C2=O. The molecule has 1 heterocycles. The summed E-state index contributed by atoms with van der Waals surface area (Å²) in [6.45, 7) is 3.61. The number of fused-ring (bicyclic) bond motifs is 1. The second kappa shape index (κ2) is 3.11. The topological polar surface area (TPSA) is 34.1 Å². The monoisotopic (exact) mass is 226 g/mol. The normalized spacial score (nSPS) is 14.8. The predicted octanol–water partition coefficient (Wildman–Crippen LogP) is 2.77. The lowest BCUT2D eigenvalue weighted by Gasteiger charge is -2.06. The summed E-state index contributed by atoms with van der Waals surface area (Å²) in [6.07, 6.45) is 0. The van der Waals surface area contributed by atoms with Crippen LogP contribution in [0.25, 0.3) is 0 Å². The largest absolute Gasteiger partial charge is 0.284 e. The fourth-order valence-corrected chi connectivity index (χ4v) is 2.70. The van der Waals surface area contributed by atoms with Crippen LogP contribution >= 0.6 is 23.4 Å². The molecule has 1 aromatic carbocycles. The van der Waals surface area contributed by atoms with E-state index < -0.39 is 10.9 Å². The molecule has 2 nitrogen and oxygen atoms in total. The Balaban J connectivity index is 2.80. The van der Waals surface area contributed by atoms with Crippen LogP contribution in [0.3, 0.4) is 0 Å². The molecule has 0 N–H and O–H groups in total. The Morgan fingerprint density at radius 2 is 1.93 bits per heavy atom. The average Bonchev–Trinajstić information content (AvgIpc) is 2.41. The standard InChI is InChI=1S/C10H7ClO2S/c1-4-3-6(11)5(2)7-8(12)10(13)14-9(4)7/h3H,1-2H3. The summed E-state index contributed by atoms with van der Waals surface area (Å²) >= 11 is 6.94. The highest BCUT2D eigenvalue weighted by Gasteiger charge is 2.33. The Bertz CT molecular complexity index is 466. The molecule has 4 heteroatoms. The zero-order valence-corrected chi connectivity index (χ0v) is 9.25. The lowest BCUT2D eigenvalue weighted by Crippen LogP contribution is -2.04. The molecule has 0 saturated heterocycles. The molecule has 1 aliphatic heterocycles. The minimum absolute atomic E-state index is 0.409. The number of ketones is 1. The molecule has 0 spiro atoms. The zero-order valence-electron chi connectivity index (χ0n) is 7.68. The third-order valence-electron chi connectivity index (χ3n) is 2.27. The van der Waals surface area contributed by atoms with E-state index in [1.165, 1.54) is 0 Å². The third-order valence-corrected chi connectivity index (χ3v) is 3.76. The van der Waals surface area contributed by atoms with Gasteiger partial charge in [0.2, 0.25) is 5.78 Å². The molecule has 1 aliphatic rings. The van der Waals surface area contributed by atoms with Crippen molar-refractivity contribution >= 4 is 34.3 Å². The number of hydrogen-bond acceptors (Lipinski definition) is 3. The van der Waals surface area contributed by atoms with Crippen molar-refractivity contribution in [1.82, 2.24) is 0 Å². The Labute approximate surface area is 90.6 Å². The molecule has 0 saturated carbocycles. The molecule has 1 aromatic rings. The quantitative estimate of drug-likeness (QED) is 0.638. The highest BCUT2D eigenvalue weighted by atomic mass is 35.5. The van der Waals surface area contributed by atoms with Crippen molar-refractivity contribution in [2.24, 2.45) is 0 Å². The molecule has 14 heavy (non-hydrogen) atoms. The second-order valence-corrected chi connectivity index (χ2v) is 4.61. The van der Waals surface area contributed by atoms with E-state index in [2.05, 4.69) is 0 Å². The van der Waals surface area contributed by atoms with Crippen molar-refractivity contribution in [2.45, 2.75) is 18.7 Å². The summed E-state index contributed by atoms with van der Waals surface area (Å²) in [7, 11) is 0. The Morgan fingerprint density at radius 3 is 2.57 bits per heavy atom. The van der Waals surface area contributed by atoms with Gasteiger partial charge in [-0.05, 0) is 42.8 Å². The van der Waals surface area contributed by atoms with Crippen molar-refractivity contribution in [1.29, 1.82) is 0 Å². The number of halogens is 1. The van der Waals surface area contributed by atoms with E-state index in [1.54, 1.807) is 13.0 Å². The smallest absolute Gasteiger partial charge is 0.264 e. The van der Waals surface area contributed by atoms with Gasteiger partial charge >= 0.3 is 0 Å². The van der Waals surface area contributed by atoms with Gasteiger partial charge in [0, 0.05) is 15.5 Å². The zero-order chi connectivity index (χ0) is 10.5. The van der Waals surface area contributed by atoms with Gasteiger partial charge < -0.3 is 0 Å². The lowest BCUT2D eigenvalue weighted by molar-refractivity contribution is -0.107. The van der Waals surface area contributed by atoms with E-state index in [0.29, 0.717) is 16.1 Å². The molecule has 0 fully saturated rings. The van der Waals surface area contributed by atoms with Gasteiger partial charge in [-0.3, -0.25) is 9.59 Å². The predicted molar refractivity (Wildman–Crippen MR) is 56.1 cm³/mol. The molecule has 2 rings (SSSR count). The second-order valence-electron chi connectivity index (χ2n) is 3.22. The molecule has 72 valence electrons. The average molecular weight is 227 g/mol. The number of benzene rings is 1. The van der Waals surface area contributed by atoms with Crippen LogP contribution in [0.2, 0.25) is 5.02 Å². The van der Waals surface area contributed by atoms with Crippen LogP contribution in [-0.2, 0) is 4.79 Å². The first kappa shape index (κ1) is 9.74. The summed E-state index contributed by atoms with van der Waals surface area (Å²) in [6, 6.07) is 1.79. The summed E-state index contributed by atoms with van der Waals surface area (Å²) in [5.41, 5.74) is 2.08. The fourth-order valence-electron chi connectivity index (χ4n) is 1.50. The molecule has 0 radical (unpaired) electrons. The van der Waals surface area contributed by atoms with Crippen molar-refractivity contribution in [2.75, 3.05) is 0 Å². The fraction of sp³-hybridized carbons (Fsp3) is 0.200. The van der Waals surface area contributed by atoms with Crippen molar-refractivity contribution in [3.8, 4) is 0 Å². The number of carbonyl (C=O) groups is 2. The van der Waals surface area contributed by atoms with E-state index in [4.69, 9.17) is 11.6 Å². The number of aryl methyl sites for hydroxylation is 1. The first-order valence-corrected chi connectivity index (χ1v) is 5.28. The van der Waals surface area contributed by atoms with Crippen LogP contribution in [0.15, 0.2) is 11.0 Å². The van der Waals surface area contributed by atoms with Gasteiger partial charge in [-0.1, -0.05) is 11.6 Å². The highest BCUT2D eigenvalue weighted by Crippen LogP contribution is 2.39. The molecule has 0 bridgehead atoms. The molecular weight excluding hydrogens is 220 g/mol. The van der Waals surface area contributed by atoms with E-state index in [9.17, 15) is 9.59 Å². The minimum Gasteiger partial charge on any atom is -0.284 e. The molecule has 0 unspecified atom stereocenters. The van der Waals surface area contributed by atoms with Gasteiger partial charge in [0.25, 0.3) is 5.12 Å². The molecule has 0 aliphatic carbocycles. The number of carbonyl (C=O) groups excluding carboxylic acids is 2. The summed E-state index contributed by atoms with van der Waals surface area (Å²) in [5.74, 6) is -0.423. The third kappa shape index (κ3) is 1.20.